The summed E-state index contributed by atoms with van der Waals surface area (Å²) in [6.07, 6.45) is 9.47. The van der Waals surface area contributed by atoms with E-state index < -0.39 is 22.2 Å². The van der Waals surface area contributed by atoms with Crippen molar-refractivity contribution in [3.8, 4) is 11.1 Å². The van der Waals surface area contributed by atoms with Crippen molar-refractivity contribution in [2.24, 2.45) is 11.8 Å². The second-order valence-electron chi connectivity index (χ2n) is 18.3. The van der Waals surface area contributed by atoms with E-state index in [4.69, 9.17) is 29.3 Å². The number of hydrogen-bond donors (Lipinski definition) is 0. The van der Waals surface area contributed by atoms with Crippen molar-refractivity contribution in [1.29, 1.82) is 0 Å². The van der Waals surface area contributed by atoms with Gasteiger partial charge in [0.15, 0.2) is 11.5 Å². The summed E-state index contributed by atoms with van der Waals surface area (Å²) in [5, 5.41) is 7.57. The van der Waals surface area contributed by atoms with Gasteiger partial charge in [0.2, 0.25) is 5.91 Å². The molecule has 0 radical (unpaired) electrons. The van der Waals surface area contributed by atoms with Gasteiger partial charge in [0.1, 0.15) is 25.9 Å². The van der Waals surface area contributed by atoms with Crippen LogP contribution in [0.25, 0.3) is 16.8 Å². The number of amides is 2. The molecule has 2 bridgehead atoms. The summed E-state index contributed by atoms with van der Waals surface area (Å²) < 4.78 is 20.2. The Balaban J connectivity index is 1.18. The third-order valence-electron chi connectivity index (χ3n) is 11.3. The molecule has 14 heteroatoms. The molecule has 3 fully saturated rings. The molecule has 4 aromatic rings. The Morgan fingerprint density at radius 3 is 2.18 bits per heavy atom. The van der Waals surface area contributed by atoms with Crippen LogP contribution in [-0.4, -0.2) is 86.0 Å². The Bertz CT molecular complexity index is 1930. The number of aromatic nitrogens is 4. The topological polar surface area (TPSA) is 115 Å². The van der Waals surface area contributed by atoms with Crippen LogP contribution in [0.3, 0.4) is 0 Å². The number of carbonyl (C=O) groups excluding carboxylic acids is 2. The molecule has 1 aliphatic heterocycles. The number of rotatable bonds is 16. The molecule has 2 amide bonds. The van der Waals surface area contributed by atoms with E-state index in [1.54, 1.807) is 12.3 Å². The maximum Gasteiger partial charge on any atom is 0.429 e. The second-order valence-corrected chi connectivity index (χ2v) is 29.5. The average Bonchev–Trinajstić information content (AvgIpc) is 3.88. The van der Waals surface area contributed by atoms with Gasteiger partial charge in [-0.3, -0.25) is 4.79 Å². The molecule has 12 nitrogen and oxygen atoms in total. The van der Waals surface area contributed by atoms with Crippen LogP contribution in [0.5, 0.6) is 0 Å². The molecule has 2 aliphatic carbocycles. The molecular weight excluding hydrogens is 739 g/mol. The fourth-order valence-electron chi connectivity index (χ4n) is 8.06. The van der Waals surface area contributed by atoms with Crippen LogP contribution < -0.4 is 9.91 Å². The molecule has 4 heterocycles. The lowest BCUT2D eigenvalue weighted by molar-refractivity contribution is -0.118. The van der Waals surface area contributed by atoms with Crippen molar-refractivity contribution in [2.75, 3.05) is 43.1 Å². The van der Waals surface area contributed by atoms with Gasteiger partial charge in [0, 0.05) is 70.8 Å². The van der Waals surface area contributed by atoms with Crippen LogP contribution >= 0.6 is 0 Å². The Hall–Kier alpha value is -4.12. The summed E-state index contributed by atoms with van der Waals surface area (Å²) in [5.74, 6) is 2.95. The van der Waals surface area contributed by atoms with E-state index in [0.717, 1.165) is 70.6 Å². The van der Waals surface area contributed by atoms with Crippen molar-refractivity contribution >= 4 is 45.4 Å². The van der Waals surface area contributed by atoms with Gasteiger partial charge >= 0.3 is 6.09 Å². The van der Waals surface area contributed by atoms with Crippen molar-refractivity contribution in [1.82, 2.24) is 24.6 Å². The van der Waals surface area contributed by atoms with Crippen LogP contribution in [0.1, 0.15) is 55.7 Å². The van der Waals surface area contributed by atoms with Gasteiger partial charge in [-0.2, -0.15) is 14.6 Å². The average molecular weight is 798 g/mol. The zero-order valence-electron chi connectivity index (χ0n) is 34.1. The summed E-state index contributed by atoms with van der Waals surface area (Å²) >= 11 is 0. The molecule has 7 rings (SSSR count). The van der Waals surface area contributed by atoms with E-state index in [9.17, 15) is 9.59 Å². The molecule has 56 heavy (non-hydrogen) atoms. The van der Waals surface area contributed by atoms with Crippen LogP contribution in [0, 0.1) is 11.8 Å². The maximum atomic E-state index is 13.1. The molecule has 3 aromatic heterocycles. The second kappa shape index (κ2) is 17.2. The van der Waals surface area contributed by atoms with E-state index in [1.807, 2.05) is 47.1 Å². The van der Waals surface area contributed by atoms with Crippen molar-refractivity contribution in [3.63, 3.8) is 0 Å². The normalized spacial score (nSPS) is 20.0. The number of benzene rings is 1. The summed E-state index contributed by atoms with van der Waals surface area (Å²) in [4.78, 5) is 38.5. The molecule has 300 valence electrons. The van der Waals surface area contributed by atoms with Gasteiger partial charge in [-0.15, -0.1) is 0 Å². The van der Waals surface area contributed by atoms with Crippen molar-refractivity contribution < 1.29 is 23.8 Å². The minimum Gasteiger partial charge on any atom is -0.443 e. The molecule has 0 spiro atoms. The van der Waals surface area contributed by atoms with Crippen LogP contribution in [-0.2, 0) is 25.6 Å². The number of carbonyl (C=O) groups is 2. The first kappa shape index (κ1) is 40.1. The Labute approximate surface area is 333 Å². The van der Waals surface area contributed by atoms with E-state index in [0.29, 0.717) is 38.4 Å². The first-order valence-electron chi connectivity index (χ1n) is 20.4. The van der Waals surface area contributed by atoms with Gasteiger partial charge in [0.25, 0.3) is 0 Å². The van der Waals surface area contributed by atoms with Gasteiger partial charge in [-0.05, 0) is 60.9 Å². The summed E-state index contributed by atoms with van der Waals surface area (Å²) in [6.45, 7) is 16.8. The molecule has 3 atom stereocenters. The monoisotopic (exact) mass is 797 g/mol. The number of anilines is 2. The Morgan fingerprint density at radius 1 is 0.875 bits per heavy atom. The lowest BCUT2D eigenvalue weighted by Gasteiger charge is -2.30. The highest BCUT2D eigenvalue weighted by Gasteiger charge is 2.37. The zero-order chi connectivity index (χ0) is 39.5. The van der Waals surface area contributed by atoms with Gasteiger partial charge in [-0.25, -0.2) is 19.8 Å². The number of hydrogen-bond acceptors (Lipinski definition) is 9. The lowest BCUT2D eigenvalue weighted by Crippen LogP contribution is -2.44. The van der Waals surface area contributed by atoms with Crippen LogP contribution in [0.15, 0.2) is 60.9 Å². The molecule has 2 saturated carbocycles. The highest BCUT2D eigenvalue weighted by atomic mass is 28.3. The molecule has 3 aliphatic rings. The van der Waals surface area contributed by atoms with E-state index >= 15 is 0 Å². The number of ether oxygens (including phenoxy) is 3. The van der Waals surface area contributed by atoms with E-state index in [2.05, 4.69) is 50.2 Å². The van der Waals surface area contributed by atoms with Crippen LogP contribution in [0.2, 0.25) is 51.4 Å². The largest absolute Gasteiger partial charge is 0.443 e. The smallest absolute Gasteiger partial charge is 0.429 e. The highest BCUT2D eigenvalue weighted by Crippen LogP contribution is 2.48. The summed E-state index contributed by atoms with van der Waals surface area (Å²) in [7, 11) is -2.54. The first-order valence-corrected chi connectivity index (χ1v) is 27.8. The third kappa shape index (κ3) is 9.87. The third-order valence-corrected chi connectivity index (χ3v) is 14.7. The van der Waals surface area contributed by atoms with Gasteiger partial charge in [0.05, 0.1) is 12.7 Å². The Morgan fingerprint density at radius 2 is 1.55 bits per heavy atom. The number of hydrazine groups is 1. The fourth-order valence-corrected chi connectivity index (χ4v) is 9.57. The minimum atomic E-state index is -1.27. The zero-order valence-corrected chi connectivity index (χ0v) is 36.1. The predicted octanol–water partition coefficient (Wildman–Crippen LogP) is 8.81. The quantitative estimate of drug-likeness (QED) is 0.0624. The molecule has 1 unspecified atom stereocenters. The summed E-state index contributed by atoms with van der Waals surface area (Å²) in [5.41, 5.74) is 4.38. The molecule has 0 N–H and O–H groups in total. The first-order chi connectivity index (χ1) is 26.8. The maximum absolute atomic E-state index is 13.1. The lowest BCUT2D eigenvalue weighted by atomic mass is 9.79. The summed E-state index contributed by atoms with van der Waals surface area (Å²) in [6, 6.07) is 17.6. The molecule has 1 saturated heterocycles. The van der Waals surface area contributed by atoms with Crippen LogP contribution in [0.4, 0.5) is 16.4 Å². The van der Waals surface area contributed by atoms with Crippen molar-refractivity contribution in [2.45, 2.75) is 102 Å². The molecular formula is C42H59N7O5Si2. The number of fused-ring (bicyclic) bond motifs is 3. The Kier molecular flexibility index (Phi) is 12.3. The van der Waals surface area contributed by atoms with E-state index in [-0.39, 0.29) is 25.5 Å². The minimum absolute atomic E-state index is 0.116. The SMILES string of the molecule is C[Si](C)(C)CCOCN(COCC[Si](C)(C)C)c1cc(C2C[C@H]3CC[C@@H](C2)C3)nc2c(-c3ccc(N4C(=O)CCN4C(=O)OCc4ccccc4)nc3)cnn12. The number of pyridine rings is 1. The predicted molar refractivity (Wildman–Crippen MR) is 225 cm³/mol. The number of nitrogens with zero attached hydrogens (tertiary/aromatic N) is 7. The van der Waals surface area contributed by atoms with Gasteiger partial charge in [-0.1, -0.05) is 82.5 Å². The van der Waals surface area contributed by atoms with Crippen molar-refractivity contribution in [3.05, 3.63) is 72.2 Å². The fraction of sp³-hybridized carbons (Fsp3) is 0.548. The molecule has 1 aromatic carbocycles. The van der Waals surface area contributed by atoms with Gasteiger partial charge < -0.3 is 19.1 Å². The standard InChI is InChI=1S/C42H59N7O5Si2/c1-55(2,3)20-18-52-29-46(30-53-19-21-56(4,5)6)39-25-37(35-23-32-12-13-33(22-32)24-35)45-41-36(27-44-48(39)41)34-14-15-38(43-26-34)49-40(50)16-17-47(49)42(51)54-28-31-10-8-7-9-11-31/h7-11,14-15,25-27,32-33,35H,12-13,16-24,28-30H2,1-6H3/t32-,33+,35?. The highest BCUT2D eigenvalue weighted by molar-refractivity contribution is 6.76. The van der Waals surface area contributed by atoms with E-state index in [1.165, 1.54) is 29.3 Å².